The lowest BCUT2D eigenvalue weighted by Crippen LogP contribution is -2.48. The number of hydrogen-bond acceptors (Lipinski definition) is 3. The molecule has 0 saturated heterocycles. The molecule has 1 aliphatic heterocycles. The first-order chi connectivity index (χ1) is 18.3. The molecule has 38 heavy (non-hydrogen) atoms. The third-order valence-electron chi connectivity index (χ3n) is 8.23. The van der Waals surface area contributed by atoms with E-state index in [9.17, 15) is 14.4 Å². The predicted octanol–water partition coefficient (Wildman–Crippen LogP) is 6.00. The molecule has 2 aromatic rings. The summed E-state index contributed by atoms with van der Waals surface area (Å²) in [5.74, 6) is -1.33. The summed E-state index contributed by atoms with van der Waals surface area (Å²) in [4.78, 5) is 42.6. The molecule has 204 valence electrons. The van der Waals surface area contributed by atoms with E-state index in [1.807, 2.05) is 68.1 Å². The molecule has 6 nitrogen and oxygen atoms in total. The van der Waals surface area contributed by atoms with Gasteiger partial charge in [-0.3, -0.25) is 14.4 Å². The number of benzene rings is 2. The van der Waals surface area contributed by atoms with Gasteiger partial charge in [0.05, 0.1) is 5.69 Å². The van der Waals surface area contributed by atoms with Crippen LogP contribution in [-0.4, -0.2) is 24.3 Å². The highest BCUT2D eigenvalue weighted by Crippen LogP contribution is 2.41. The van der Waals surface area contributed by atoms with Crippen LogP contribution >= 0.6 is 0 Å². The van der Waals surface area contributed by atoms with Crippen molar-refractivity contribution in [3.63, 3.8) is 0 Å². The average molecular weight is 518 g/mol. The molecule has 3 atom stereocenters. The normalized spacial score (nSPS) is 19.3. The molecule has 6 heteroatoms. The van der Waals surface area contributed by atoms with Crippen molar-refractivity contribution in [3.8, 4) is 11.1 Å². The number of anilines is 1. The van der Waals surface area contributed by atoms with Crippen molar-refractivity contribution in [1.29, 1.82) is 0 Å². The van der Waals surface area contributed by atoms with Crippen LogP contribution in [-0.2, 0) is 14.4 Å². The molecule has 1 fully saturated rings. The SMILES string of the molecule is CCCC(C(N)=O)C(CC(C)C)C(=O)NC1C(=O)N(CC2CCCCC2)c2ccccc2-c2ccccc21. The summed E-state index contributed by atoms with van der Waals surface area (Å²) in [6.07, 6.45) is 7.71. The van der Waals surface area contributed by atoms with Gasteiger partial charge in [0.1, 0.15) is 6.04 Å². The minimum atomic E-state index is -0.834. The number of nitrogens with one attached hydrogen (secondary N) is 1. The van der Waals surface area contributed by atoms with Gasteiger partial charge in [-0.2, -0.15) is 0 Å². The topological polar surface area (TPSA) is 92.5 Å². The second-order valence-electron chi connectivity index (χ2n) is 11.5. The van der Waals surface area contributed by atoms with E-state index in [2.05, 4.69) is 11.4 Å². The van der Waals surface area contributed by atoms with Crippen molar-refractivity contribution in [2.24, 2.45) is 29.4 Å². The van der Waals surface area contributed by atoms with E-state index in [0.29, 0.717) is 25.3 Å². The maximum atomic E-state index is 14.4. The summed E-state index contributed by atoms with van der Waals surface area (Å²) in [5.41, 5.74) is 9.43. The molecular weight excluding hydrogens is 474 g/mol. The van der Waals surface area contributed by atoms with Gasteiger partial charge in [-0.15, -0.1) is 0 Å². The Morgan fingerprint density at radius 3 is 2.29 bits per heavy atom. The smallest absolute Gasteiger partial charge is 0.254 e. The Balaban J connectivity index is 1.74. The van der Waals surface area contributed by atoms with Crippen LogP contribution < -0.4 is 16.0 Å². The van der Waals surface area contributed by atoms with Gasteiger partial charge in [0.2, 0.25) is 11.8 Å². The molecule has 1 saturated carbocycles. The second-order valence-corrected chi connectivity index (χ2v) is 11.5. The van der Waals surface area contributed by atoms with E-state index in [-0.39, 0.29) is 17.7 Å². The number of hydrogen-bond donors (Lipinski definition) is 2. The van der Waals surface area contributed by atoms with Crippen molar-refractivity contribution in [3.05, 3.63) is 54.1 Å². The number of primary amides is 1. The Morgan fingerprint density at radius 2 is 1.63 bits per heavy atom. The summed E-state index contributed by atoms with van der Waals surface area (Å²) in [6.45, 7) is 6.72. The molecule has 0 bridgehead atoms. The zero-order valence-corrected chi connectivity index (χ0v) is 23.1. The fourth-order valence-electron chi connectivity index (χ4n) is 6.36. The first-order valence-electron chi connectivity index (χ1n) is 14.4. The first kappa shape index (κ1) is 27.9. The van der Waals surface area contributed by atoms with Crippen molar-refractivity contribution >= 4 is 23.4 Å². The molecule has 2 aromatic carbocycles. The lowest BCUT2D eigenvalue weighted by atomic mass is 9.81. The highest BCUT2D eigenvalue weighted by molar-refractivity contribution is 6.06. The Hall–Kier alpha value is -3.15. The van der Waals surface area contributed by atoms with Crippen LogP contribution in [0.15, 0.2) is 48.5 Å². The van der Waals surface area contributed by atoms with Crippen LogP contribution in [0, 0.1) is 23.7 Å². The summed E-state index contributed by atoms with van der Waals surface area (Å²) < 4.78 is 0. The van der Waals surface area contributed by atoms with Crippen molar-refractivity contribution in [2.75, 3.05) is 11.4 Å². The zero-order chi connectivity index (χ0) is 27.2. The highest BCUT2D eigenvalue weighted by atomic mass is 16.2. The summed E-state index contributed by atoms with van der Waals surface area (Å²) >= 11 is 0. The summed E-state index contributed by atoms with van der Waals surface area (Å²) in [5, 5.41) is 3.13. The van der Waals surface area contributed by atoms with Gasteiger partial charge in [-0.05, 0) is 54.7 Å². The molecule has 1 aliphatic carbocycles. The Bertz CT molecular complexity index is 1140. The van der Waals surface area contributed by atoms with E-state index >= 15 is 0 Å². The van der Waals surface area contributed by atoms with Gasteiger partial charge in [0.25, 0.3) is 5.91 Å². The van der Waals surface area contributed by atoms with Gasteiger partial charge in [-0.25, -0.2) is 0 Å². The lowest BCUT2D eigenvalue weighted by molar-refractivity contribution is -0.136. The molecule has 1 heterocycles. The lowest BCUT2D eigenvalue weighted by Gasteiger charge is -2.33. The Labute approximate surface area is 227 Å². The van der Waals surface area contributed by atoms with E-state index in [4.69, 9.17) is 5.73 Å². The van der Waals surface area contributed by atoms with Crippen molar-refractivity contribution < 1.29 is 14.4 Å². The second kappa shape index (κ2) is 12.6. The maximum Gasteiger partial charge on any atom is 0.254 e. The highest BCUT2D eigenvalue weighted by Gasteiger charge is 2.39. The number of nitrogens with zero attached hydrogens (tertiary/aromatic N) is 1. The number of nitrogens with two attached hydrogens (primary N) is 1. The van der Waals surface area contributed by atoms with Gasteiger partial charge in [0.15, 0.2) is 0 Å². The minimum absolute atomic E-state index is 0.115. The zero-order valence-electron chi connectivity index (χ0n) is 23.1. The largest absolute Gasteiger partial charge is 0.369 e. The summed E-state index contributed by atoms with van der Waals surface area (Å²) in [7, 11) is 0. The van der Waals surface area contributed by atoms with Gasteiger partial charge in [0, 0.05) is 23.9 Å². The number of fused-ring (bicyclic) bond motifs is 3. The molecule has 3 N–H and O–H groups in total. The molecule has 4 rings (SSSR count). The fourth-order valence-corrected chi connectivity index (χ4v) is 6.36. The van der Waals surface area contributed by atoms with Gasteiger partial charge in [-0.1, -0.05) is 88.9 Å². The quantitative estimate of drug-likeness (QED) is 0.405. The first-order valence-corrected chi connectivity index (χ1v) is 14.4. The molecule has 2 aliphatic rings. The maximum absolute atomic E-state index is 14.4. The van der Waals surface area contributed by atoms with Crippen LogP contribution in [0.1, 0.15) is 83.7 Å². The number of amides is 3. The van der Waals surface area contributed by atoms with Crippen LogP contribution in [0.5, 0.6) is 0 Å². The Morgan fingerprint density at radius 1 is 0.974 bits per heavy atom. The minimum Gasteiger partial charge on any atom is -0.369 e. The third-order valence-corrected chi connectivity index (χ3v) is 8.23. The Kier molecular flexibility index (Phi) is 9.24. The molecule has 3 amide bonds. The standard InChI is InChI=1S/C32H43N3O3/c1-4-12-26(30(33)36)27(19-21(2)3)31(37)34-29-25-17-9-8-15-23(25)24-16-10-11-18-28(24)35(32(29)38)20-22-13-6-5-7-14-22/h8-11,15-18,21-22,26-27,29H,4-7,12-14,19-20H2,1-3H3,(H2,33,36)(H,34,37). The van der Waals surface area contributed by atoms with Crippen LogP contribution in [0.3, 0.4) is 0 Å². The number of rotatable bonds is 10. The van der Waals surface area contributed by atoms with E-state index in [1.165, 1.54) is 19.3 Å². The van der Waals surface area contributed by atoms with Gasteiger partial charge < -0.3 is 16.0 Å². The molecule has 0 aromatic heterocycles. The summed E-state index contributed by atoms with van der Waals surface area (Å²) in [6, 6.07) is 15.1. The molecule has 0 radical (unpaired) electrons. The molecular formula is C32H43N3O3. The number of carbonyl (C=O) groups excluding carboxylic acids is 3. The fraction of sp³-hybridized carbons (Fsp3) is 0.531. The van der Waals surface area contributed by atoms with Crippen LogP contribution in [0.25, 0.3) is 11.1 Å². The molecule has 0 spiro atoms. The average Bonchev–Trinajstić information content (AvgIpc) is 3.00. The van der Waals surface area contributed by atoms with Crippen LogP contribution in [0.2, 0.25) is 0 Å². The predicted molar refractivity (Wildman–Crippen MR) is 152 cm³/mol. The molecule has 3 unspecified atom stereocenters. The van der Waals surface area contributed by atoms with Gasteiger partial charge >= 0.3 is 0 Å². The van der Waals surface area contributed by atoms with Crippen molar-refractivity contribution in [1.82, 2.24) is 5.32 Å². The number of para-hydroxylation sites is 1. The van der Waals surface area contributed by atoms with Crippen molar-refractivity contribution in [2.45, 2.75) is 78.2 Å². The van der Waals surface area contributed by atoms with Crippen LogP contribution in [0.4, 0.5) is 5.69 Å². The monoisotopic (exact) mass is 517 g/mol. The van der Waals surface area contributed by atoms with E-state index in [0.717, 1.165) is 41.6 Å². The third kappa shape index (κ3) is 6.11. The number of carbonyl (C=O) groups is 3. The van der Waals surface area contributed by atoms with E-state index in [1.54, 1.807) is 0 Å². The van der Waals surface area contributed by atoms with E-state index < -0.39 is 23.8 Å².